The Labute approximate surface area is 154 Å². The molecule has 26 heavy (non-hydrogen) atoms. The van der Waals surface area contributed by atoms with Gasteiger partial charge in [0.1, 0.15) is 11.6 Å². The average molecular weight is 348 g/mol. The number of aromatic nitrogens is 2. The minimum atomic E-state index is 0.157. The highest BCUT2D eigenvalue weighted by Gasteiger charge is 2.05. The third-order valence-electron chi connectivity index (χ3n) is 3.63. The van der Waals surface area contributed by atoms with Crippen molar-refractivity contribution >= 4 is 23.1 Å². The summed E-state index contributed by atoms with van der Waals surface area (Å²) in [4.78, 5) is 9.03. The van der Waals surface area contributed by atoms with Gasteiger partial charge in [-0.25, -0.2) is 4.98 Å². The second kappa shape index (κ2) is 7.87. The lowest BCUT2D eigenvalue weighted by atomic mass is 10.2. The Morgan fingerprint density at radius 1 is 0.846 bits per heavy atom. The van der Waals surface area contributed by atoms with Gasteiger partial charge in [-0.3, -0.25) is 0 Å². The van der Waals surface area contributed by atoms with Crippen LogP contribution >= 0.6 is 0 Å². The van der Waals surface area contributed by atoms with E-state index in [9.17, 15) is 0 Å². The molecule has 0 amide bonds. The quantitative estimate of drug-likeness (QED) is 0.627. The minimum Gasteiger partial charge on any atom is -0.491 e. The van der Waals surface area contributed by atoms with Crippen molar-refractivity contribution in [1.29, 1.82) is 0 Å². The van der Waals surface area contributed by atoms with Gasteiger partial charge in [-0.15, -0.1) is 0 Å². The molecule has 0 atom stereocenters. The molecule has 134 valence electrons. The van der Waals surface area contributed by atoms with E-state index in [1.165, 1.54) is 5.56 Å². The molecule has 1 heterocycles. The van der Waals surface area contributed by atoms with Crippen LogP contribution in [0.25, 0.3) is 0 Å². The minimum absolute atomic E-state index is 0.157. The lowest BCUT2D eigenvalue weighted by Gasteiger charge is -2.12. The molecule has 5 heteroatoms. The van der Waals surface area contributed by atoms with Crippen LogP contribution in [-0.4, -0.2) is 16.1 Å². The van der Waals surface area contributed by atoms with Crippen LogP contribution < -0.4 is 15.4 Å². The summed E-state index contributed by atoms with van der Waals surface area (Å²) in [7, 11) is 0. The maximum Gasteiger partial charge on any atom is 0.229 e. The largest absolute Gasteiger partial charge is 0.491 e. The van der Waals surface area contributed by atoms with Gasteiger partial charge >= 0.3 is 0 Å². The predicted molar refractivity (Wildman–Crippen MR) is 107 cm³/mol. The molecule has 0 unspecified atom stereocenters. The Morgan fingerprint density at radius 2 is 1.62 bits per heavy atom. The maximum absolute atomic E-state index is 5.66. The number of nitrogens with one attached hydrogen (secondary N) is 2. The molecule has 0 radical (unpaired) electrons. The van der Waals surface area contributed by atoms with E-state index in [-0.39, 0.29) is 6.10 Å². The lowest BCUT2D eigenvalue weighted by molar-refractivity contribution is 0.242. The highest BCUT2D eigenvalue weighted by atomic mass is 16.5. The summed E-state index contributed by atoms with van der Waals surface area (Å²) in [6.45, 7) is 8.04. The molecular weight excluding hydrogens is 324 g/mol. The summed E-state index contributed by atoms with van der Waals surface area (Å²) in [6, 6.07) is 17.9. The molecule has 0 saturated heterocycles. The molecule has 0 saturated carbocycles. The Kier molecular flexibility index (Phi) is 5.37. The van der Waals surface area contributed by atoms with E-state index in [0.29, 0.717) is 5.95 Å². The van der Waals surface area contributed by atoms with Crippen LogP contribution in [0.4, 0.5) is 23.1 Å². The van der Waals surface area contributed by atoms with Crippen molar-refractivity contribution in [2.75, 3.05) is 10.6 Å². The number of hydrogen-bond donors (Lipinski definition) is 2. The normalized spacial score (nSPS) is 10.7. The van der Waals surface area contributed by atoms with Gasteiger partial charge in [-0.1, -0.05) is 12.1 Å². The summed E-state index contributed by atoms with van der Waals surface area (Å²) in [5.41, 5.74) is 4.00. The van der Waals surface area contributed by atoms with Crippen LogP contribution in [-0.2, 0) is 0 Å². The molecular formula is C21H24N4O. The number of aryl methyl sites for hydroxylation is 2. The molecule has 0 aliphatic carbocycles. The van der Waals surface area contributed by atoms with Gasteiger partial charge in [-0.2, -0.15) is 4.98 Å². The van der Waals surface area contributed by atoms with Crippen molar-refractivity contribution in [3.63, 3.8) is 0 Å². The standard InChI is InChI=1S/C21H24N4O/c1-14(2)26-19-10-8-17(9-11-19)24-21-22-16(4)13-20(25-21)23-18-7-5-6-15(3)12-18/h5-14H,1-4H3,(H2,22,23,24,25). The second-order valence-electron chi connectivity index (χ2n) is 6.53. The molecule has 0 bridgehead atoms. The van der Waals surface area contributed by atoms with Gasteiger partial charge in [0.25, 0.3) is 0 Å². The highest BCUT2D eigenvalue weighted by molar-refractivity contribution is 5.61. The Bertz CT molecular complexity index is 875. The summed E-state index contributed by atoms with van der Waals surface area (Å²) >= 11 is 0. The highest BCUT2D eigenvalue weighted by Crippen LogP contribution is 2.22. The molecule has 3 aromatic rings. The first-order valence-corrected chi connectivity index (χ1v) is 8.71. The van der Waals surface area contributed by atoms with Gasteiger partial charge < -0.3 is 15.4 Å². The molecule has 0 aliphatic heterocycles. The van der Waals surface area contributed by atoms with Crippen molar-refractivity contribution in [3.8, 4) is 5.75 Å². The first-order chi connectivity index (χ1) is 12.5. The molecule has 5 nitrogen and oxygen atoms in total. The number of benzene rings is 2. The summed E-state index contributed by atoms with van der Waals surface area (Å²) in [6.07, 6.45) is 0.157. The van der Waals surface area contributed by atoms with Crippen LogP contribution in [0.15, 0.2) is 54.6 Å². The van der Waals surface area contributed by atoms with Gasteiger partial charge in [0, 0.05) is 23.1 Å². The molecule has 2 N–H and O–H groups in total. The van der Waals surface area contributed by atoms with Crippen LogP contribution in [0.5, 0.6) is 5.75 Å². The Hall–Kier alpha value is -3.08. The first-order valence-electron chi connectivity index (χ1n) is 8.71. The van der Waals surface area contributed by atoms with E-state index in [1.54, 1.807) is 0 Å². The van der Waals surface area contributed by atoms with Gasteiger partial charge in [0.05, 0.1) is 6.10 Å². The number of ether oxygens (including phenoxy) is 1. The Balaban J connectivity index is 1.75. The van der Waals surface area contributed by atoms with Gasteiger partial charge in [0.2, 0.25) is 5.95 Å². The fourth-order valence-electron chi connectivity index (χ4n) is 2.58. The first kappa shape index (κ1) is 17.7. The fourth-order valence-corrected chi connectivity index (χ4v) is 2.58. The van der Waals surface area contributed by atoms with Crippen LogP contribution in [0, 0.1) is 13.8 Å². The summed E-state index contributed by atoms with van der Waals surface area (Å²) in [5.74, 6) is 2.15. The van der Waals surface area contributed by atoms with Gasteiger partial charge in [0.15, 0.2) is 0 Å². The van der Waals surface area contributed by atoms with E-state index < -0.39 is 0 Å². The topological polar surface area (TPSA) is 59.1 Å². The average Bonchev–Trinajstić information content (AvgIpc) is 2.56. The summed E-state index contributed by atoms with van der Waals surface area (Å²) in [5, 5.41) is 6.58. The third-order valence-corrected chi connectivity index (χ3v) is 3.63. The van der Waals surface area contributed by atoms with Crippen molar-refractivity contribution < 1.29 is 4.74 Å². The maximum atomic E-state index is 5.66. The van der Waals surface area contributed by atoms with E-state index in [0.717, 1.165) is 28.6 Å². The van der Waals surface area contributed by atoms with Gasteiger partial charge in [-0.05, 0) is 69.7 Å². The van der Waals surface area contributed by atoms with Crippen molar-refractivity contribution in [2.24, 2.45) is 0 Å². The SMILES string of the molecule is Cc1cccc(Nc2cc(C)nc(Nc3ccc(OC(C)C)cc3)n2)c1. The monoisotopic (exact) mass is 348 g/mol. The second-order valence-corrected chi connectivity index (χ2v) is 6.53. The predicted octanol–water partition coefficient (Wildman–Crippen LogP) is 5.37. The molecule has 0 fully saturated rings. The smallest absolute Gasteiger partial charge is 0.229 e. The van der Waals surface area contributed by atoms with E-state index >= 15 is 0 Å². The van der Waals surface area contributed by atoms with Crippen LogP contribution in [0.3, 0.4) is 0 Å². The van der Waals surface area contributed by atoms with Crippen LogP contribution in [0.2, 0.25) is 0 Å². The zero-order valence-corrected chi connectivity index (χ0v) is 15.6. The van der Waals surface area contributed by atoms with Crippen molar-refractivity contribution in [3.05, 3.63) is 65.9 Å². The zero-order chi connectivity index (χ0) is 18.5. The van der Waals surface area contributed by atoms with Crippen LogP contribution in [0.1, 0.15) is 25.1 Å². The number of nitrogens with zero attached hydrogens (tertiary/aromatic N) is 2. The van der Waals surface area contributed by atoms with E-state index in [2.05, 4.69) is 39.7 Å². The molecule has 3 rings (SSSR count). The van der Waals surface area contributed by atoms with E-state index in [1.807, 2.05) is 63.2 Å². The zero-order valence-electron chi connectivity index (χ0n) is 15.6. The van der Waals surface area contributed by atoms with Crippen molar-refractivity contribution in [1.82, 2.24) is 9.97 Å². The van der Waals surface area contributed by atoms with Crippen molar-refractivity contribution in [2.45, 2.75) is 33.8 Å². The Morgan fingerprint density at radius 3 is 2.31 bits per heavy atom. The molecule has 1 aromatic heterocycles. The fraction of sp³-hybridized carbons (Fsp3) is 0.238. The third kappa shape index (κ3) is 4.96. The lowest BCUT2D eigenvalue weighted by Crippen LogP contribution is -2.05. The molecule has 0 aliphatic rings. The van der Waals surface area contributed by atoms with E-state index in [4.69, 9.17) is 4.74 Å². The summed E-state index contributed by atoms with van der Waals surface area (Å²) < 4.78 is 5.66. The number of hydrogen-bond acceptors (Lipinski definition) is 5. The number of anilines is 4. The molecule has 0 spiro atoms. The molecule has 2 aromatic carbocycles. The number of rotatable bonds is 6.